The zero-order chi connectivity index (χ0) is 11.1. The molecule has 0 fully saturated rings. The fraction of sp³-hybridized carbons (Fsp3) is 0.833. The van der Waals surface area contributed by atoms with Crippen molar-refractivity contribution in [2.45, 2.75) is 60.3 Å². The highest BCUT2D eigenvalue weighted by Crippen LogP contribution is 2.04. The summed E-state index contributed by atoms with van der Waals surface area (Å²) in [5, 5.41) is 0. The maximum Gasteiger partial charge on any atom is -0.00773 e. The van der Waals surface area contributed by atoms with E-state index >= 15 is 0 Å². The Morgan fingerprint density at radius 2 is 1.46 bits per heavy atom. The van der Waals surface area contributed by atoms with Crippen molar-refractivity contribution in [2.75, 3.05) is 6.54 Å². The number of unbranched alkanes of at least 4 members (excludes halogenated alkanes) is 2. The third-order valence-electron chi connectivity index (χ3n) is 1.31. The molecule has 0 amide bonds. The molecule has 0 heterocycles. The normalized spacial score (nSPS) is 7.54. The molecular weight excluding hydrogens is 158 g/mol. The van der Waals surface area contributed by atoms with Crippen LogP contribution in [0.5, 0.6) is 0 Å². The van der Waals surface area contributed by atoms with Crippen LogP contribution in [0.3, 0.4) is 0 Å². The van der Waals surface area contributed by atoms with E-state index in [9.17, 15) is 0 Å². The van der Waals surface area contributed by atoms with Crippen LogP contribution in [0.2, 0.25) is 0 Å². The van der Waals surface area contributed by atoms with E-state index < -0.39 is 0 Å². The van der Waals surface area contributed by atoms with Crippen molar-refractivity contribution in [1.29, 1.82) is 0 Å². The molecule has 2 N–H and O–H groups in total. The van der Waals surface area contributed by atoms with Crippen molar-refractivity contribution in [2.24, 2.45) is 5.73 Å². The van der Waals surface area contributed by atoms with Gasteiger partial charge in [0.25, 0.3) is 0 Å². The molecule has 0 aliphatic rings. The van der Waals surface area contributed by atoms with Gasteiger partial charge in [-0.25, -0.2) is 0 Å². The van der Waals surface area contributed by atoms with Crippen LogP contribution < -0.4 is 5.73 Å². The van der Waals surface area contributed by atoms with Crippen molar-refractivity contribution < 1.29 is 0 Å². The van der Waals surface area contributed by atoms with Crippen molar-refractivity contribution in [3.63, 3.8) is 0 Å². The molecule has 0 bridgehead atoms. The molecule has 0 saturated carbocycles. The van der Waals surface area contributed by atoms with Crippen LogP contribution in [-0.4, -0.2) is 6.54 Å². The van der Waals surface area contributed by atoms with Crippen molar-refractivity contribution in [3.05, 3.63) is 12.2 Å². The van der Waals surface area contributed by atoms with E-state index in [0.29, 0.717) is 0 Å². The minimum Gasteiger partial charge on any atom is -0.330 e. The molecule has 82 valence electrons. The molecule has 1 nitrogen and oxygen atoms in total. The van der Waals surface area contributed by atoms with Gasteiger partial charge in [-0.05, 0) is 32.7 Å². The highest BCUT2D eigenvalue weighted by atomic mass is 14.5. The highest BCUT2D eigenvalue weighted by molar-refractivity contribution is 4.86. The van der Waals surface area contributed by atoms with Gasteiger partial charge in [0.2, 0.25) is 0 Å². The first-order valence-electron chi connectivity index (χ1n) is 5.62. The highest BCUT2D eigenvalue weighted by Gasteiger charge is 1.86. The fourth-order valence-electron chi connectivity index (χ4n) is 0.748. The Balaban J connectivity index is -0.000000218. The van der Waals surface area contributed by atoms with Gasteiger partial charge in [-0.1, -0.05) is 39.7 Å². The molecule has 0 aliphatic heterocycles. The molecule has 0 radical (unpaired) electrons. The second-order valence-electron chi connectivity index (χ2n) is 2.56. The van der Waals surface area contributed by atoms with Gasteiger partial charge in [0.1, 0.15) is 0 Å². The molecule has 0 rings (SSSR count). The van der Waals surface area contributed by atoms with Gasteiger partial charge in [0, 0.05) is 0 Å². The second kappa shape index (κ2) is 22.6. The van der Waals surface area contributed by atoms with Gasteiger partial charge in [0.15, 0.2) is 0 Å². The summed E-state index contributed by atoms with van der Waals surface area (Å²) < 4.78 is 0. The van der Waals surface area contributed by atoms with Gasteiger partial charge in [0.05, 0.1) is 0 Å². The summed E-state index contributed by atoms with van der Waals surface area (Å²) in [6.07, 6.45) is 4.84. The molecular formula is C12H29N. The van der Waals surface area contributed by atoms with Gasteiger partial charge >= 0.3 is 0 Å². The molecule has 1 heteroatoms. The summed E-state index contributed by atoms with van der Waals surface area (Å²) in [7, 11) is 0. The average molecular weight is 187 g/mol. The lowest BCUT2D eigenvalue weighted by molar-refractivity contribution is 0.684. The minimum absolute atomic E-state index is 0.830. The molecule has 0 atom stereocenters. The third kappa shape index (κ3) is 33.9. The van der Waals surface area contributed by atoms with Gasteiger partial charge < -0.3 is 5.73 Å². The molecule has 13 heavy (non-hydrogen) atoms. The number of nitrogens with two attached hydrogens (primary N) is 1. The third-order valence-corrected chi connectivity index (χ3v) is 1.31. The Morgan fingerprint density at radius 1 is 1.00 bits per heavy atom. The first kappa shape index (κ1) is 18.5. The van der Waals surface area contributed by atoms with Gasteiger partial charge in [-0.15, -0.1) is 6.58 Å². The Morgan fingerprint density at radius 3 is 1.77 bits per heavy atom. The zero-order valence-corrected chi connectivity index (χ0v) is 10.3. The van der Waals surface area contributed by atoms with Crippen molar-refractivity contribution in [1.82, 2.24) is 0 Å². The summed E-state index contributed by atoms with van der Waals surface area (Å²) in [6, 6.07) is 0. The lowest BCUT2D eigenvalue weighted by Crippen LogP contribution is -1.97. The van der Waals surface area contributed by atoms with Crippen LogP contribution in [0.15, 0.2) is 12.2 Å². The van der Waals surface area contributed by atoms with Crippen LogP contribution in [0.1, 0.15) is 60.3 Å². The monoisotopic (exact) mass is 187 g/mol. The van der Waals surface area contributed by atoms with Gasteiger partial charge in [-0.2, -0.15) is 0 Å². The number of allylic oxidation sites excluding steroid dienone is 1. The quantitative estimate of drug-likeness (QED) is 0.508. The van der Waals surface area contributed by atoms with E-state index in [1.165, 1.54) is 24.8 Å². The molecule has 0 aromatic carbocycles. The Labute approximate surface area is 85.4 Å². The predicted molar refractivity (Wildman–Crippen MR) is 65.0 cm³/mol. The molecule has 0 spiro atoms. The zero-order valence-electron chi connectivity index (χ0n) is 10.3. The first-order valence-corrected chi connectivity index (χ1v) is 5.62. The predicted octanol–water partition coefficient (Wildman–Crippen LogP) is 4.13. The van der Waals surface area contributed by atoms with E-state index in [1.807, 2.05) is 27.7 Å². The first-order chi connectivity index (χ1) is 6.27. The summed E-state index contributed by atoms with van der Waals surface area (Å²) in [4.78, 5) is 0. The number of hydrogen-bond donors (Lipinski definition) is 1. The average Bonchev–Trinajstić information content (AvgIpc) is 2.19. The van der Waals surface area contributed by atoms with Crippen LogP contribution >= 0.6 is 0 Å². The molecule has 0 saturated heterocycles. The minimum atomic E-state index is 0.830. The van der Waals surface area contributed by atoms with E-state index in [4.69, 9.17) is 5.73 Å². The van der Waals surface area contributed by atoms with Crippen LogP contribution in [-0.2, 0) is 0 Å². The molecule has 0 unspecified atom stereocenters. The Hall–Kier alpha value is -0.300. The topological polar surface area (TPSA) is 26.0 Å². The van der Waals surface area contributed by atoms with E-state index in [1.54, 1.807) is 0 Å². The molecule has 0 aromatic rings. The van der Waals surface area contributed by atoms with E-state index in [0.717, 1.165) is 13.0 Å². The van der Waals surface area contributed by atoms with Crippen molar-refractivity contribution >= 4 is 0 Å². The smallest absolute Gasteiger partial charge is 0.00773 e. The van der Waals surface area contributed by atoms with E-state index in [2.05, 4.69) is 13.5 Å². The fourth-order valence-corrected chi connectivity index (χ4v) is 0.748. The van der Waals surface area contributed by atoms with Crippen molar-refractivity contribution in [3.8, 4) is 0 Å². The summed E-state index contributed by atoms with van der Waals surface area (Å²) >= 11 is 0. The Bertz CT molecular complexity index is 77.2. The molecule has 0 aromatic heterocycles. The summed E-state index contributed by atoms with van der Waals surface area (Å²) in [5.74, 6) is 0. The Kier molecular flexibility index (Phi) is 32.1. The van der Waals surface area contributed by atoms with Crippen LogP contribution in [0.25, 0.3) is 0 Å². The number of hydrogen-bond acceptors (Lipinski definition) is 1. The van der Waals surface area contributed by atoms with Crippen LogP contribution in [0.4, 0.5) is 0 Å². The maximum absolute atomic E-state index is 5.32. The van der Waals surface area contributed by atoms with Crippen LogP contribution in [0, 0.1) is 0 Å². The van der Waals surface area contributed by atoms with E-state index in [-0.39, 0.29) is 0 Å². The SMILES string of the molecule is C=C(C)CCCCCN.CC.CC. The maximum atomic E-state index is 5.32. The lowest BCUT2D eigenvalue weighted by Gasteiger charge is -1.96. The largest absolute Gasteiger partial charge is 0.330 e. The summed E-state index contributed by atoms with van der Waals surface area (Å²) in [6.45, 7) is 14.7. The number of rotatable bonds is 5. The lowest BCUT2D eigenvalue weighted by atomic mass is 10.1. The molecule has 0 aliphatic carbocycles. The summed E-state index contributed by atoms with van der Waals surface area (Å²) in [5.41, 5.74) is 6.61. The second-order valence-corrected chi connectivity index (χ2v) is 2.56. The standard InChI is InChI=1S/C8H17N.2C2H6/c1-8(2)6-4-3-5-7-9;2*1-2/h1,3-7,9H2,2H3;2*1-2H3. The van der Waals surface area contributed by atoms with Gasteiger partial charge in [-0.3, -0.25) is 0 Å².